The molecule has 8 nitrogen and oxygen atoms in total. The van der Waals surface area contributed by atoms with E-state index < -0.39 is 15.9 Å². The molecule has 1 saturated heterocycles. The van der Waals surface area contributed by atoms with E-state index >= 15 is 0 Å². The van der Waals surface area contributed by atoms with Crippen LogP contribution in [-0.4, -0.2) is 50.8 Å². The van der Waals surface area contributed by atoms with E-state index in [-0.39, 0.29) is 29.5 Å². The maximum atomic E-state index is 12.8. The molecule has 0 unspecified atom stereocenters. The Labute approximate surface area is 162 Å². The van der Waals surface area contributed by atoms with Crippen LogP contribution in [0.2, 0.25) is 0 Å². The lowest BCUT2D eigenvalue weighted by molar-refractivity contribution is 0.0730. The number of hydrogen-bond donors (Lipinski definition) is 2. The van der Waals surface area contributed by atoms with E-state index in [4.69, 9.17) is 4.74 Å². The fourth-order valence-electron chi connectivity index (χ4n) is 3.23. The lowest BCUT2D eigenvalue weighted by atomic mass is 10.1. The van der Waals surface area contributed by atoms with Crippen molar-refractivity contribution in [2.75, 3.05) is 31.6 Å². The van der Waals surface area contributed by atoms with Gasteiger partial charge < -0.3 is 15.4 Å². The zero-order valence-corrected chi connectivity index (χ0v) is 15.8. The Morgan fingerprint density at radius 2 is 1.89 bits per heavy atom. The Balaban J connectivity index is 1.55. The van der Waals surface area contributed by atoms with Crippen LogP contribution in [0.1, 0.15) is 26.3 Å². The number of benzene rings is 2. The van der Waals surface area contributed by atoms with Crippen molar-refractivity contribution in [1.82, 2.24) is 9.62 Å². The number of nitrogens with zero attached hydrogens (tertiary/aromatic N) is 1. The first-order valence-electron chi connectivity index (χ1n) is 8.85. The van der Waals surface area contributed by atoms with E-state index in [1.807, 2.05) is 0 Å². The highest BCUT2D eigenvalue weighted by Crippen LogP contribution is 2.22. The normalized spacial score (nSPS) is 17.1. The molecule has 1 fully saturated rings. The summed E-state index contributed by atoms with van der Waals surface area (Å²) in [6.45, 7) is 1.76. The Bertz CT molecular complexity index is 1050. The predicted octanol–water partition coefficient (Wildman–Crippen LogP) is 1.20. The van der Waals surface area contributed by atoms with E-state index in [2.05, 4.69) is 10.6 Å². The average molecular weight is 401 g/mol. The minimum atomic E-state index is -3.69. The van der Waals surface area contributed by atoms with Crippen LogP contribution in [0.4, 0.5) is 5.69 Å². The molecule has 0 spiro atoms. The van der Waals surface area contributed by atoms with Gasteiger partial charge in [-0.25, -0.2) is 8.42 Å². The Hall–Kier alpha value is -2.75. The summed E-state index contributed by atoms with van der Waals surface area (Å²) in [5.74, 6) is -0.623. The molecular weight excluding hydrogens is 382 g/mol. The van der Waals surface area contributed by atoms with E-state index in [9.17, 15) is 18.0 Å². The van der Waals surface area contributed by atoms with Crippen molar-refractivity contribution in [3.8, 4) is 0 Å². The number of rotatable bonds is 4. The van der Waals surface area contributed by atoms with Crippen LogP contribution in [0.25, 0.3) is 0 Å². The molecule has 2 heterocycles. The zero-order valence-electron chi connectivity index (χ0n) is 15.0. The van der Waals surface area contributed by atoms with Crippen LogP contribution in [-0.2, 0) is 21.3 Å². The molecule has 0 aliphatic carbocycles. The second-order valence-electron chi connectivity index (χ2n) is 6.55. The van der Waals surface area contributed by atoms with Crippen molar-refractivity contribution in [2.24, 2.45) is 0 Å². The van der Waals surface area contributed by atoms with E-state index in [1.165, 1.54) is 16.4 Å². The molecule has 9 heteroatoms. The standard InChI is InChI=1S/C19H19N3O5S/c23-18(21-15-5-4-14-12-20-19(24)17(14)11-15)13-2-1-3-16(10-13)28(25,26)22-6-8-27-9-7-22/h1-5,10-11H,6-9,12H2,(H,20,24)(H,21,23). The van der Waals surface area contributed by atoms with E-state index in [0.29, 0.717) is 31.0 Å². The highest BCUT2D eigenvalue weighted by Gasteiger charge is 2.27. The number of nitrogens with one attached hydrogen (secondary N) is 2. The van der Waals surface area contributed by atoms with Crippen molar-refractivity contribution in [1.29, 1.82) is 0 Å². The van der Waals surface area contributed by atoms with Gasteiger partial charge in [0, 0.05) is 36.4 Å². The highest BCUT2D eigenvalue weighted by atomic mass is 32.2. The van der Waals surface area contributed by atoms with Gasteiger partial charge in [-0.05, 0) is 35.9 Å². The first kappa shape index (κ1) is 18.6. The number of hydrogen-bond acceptors (Lipinski definition) is 5. The van der Waals surface area contributed by atoms with Crippen molar-refractivity contribution >= 4 is 27.5 Å². The molecule has 4 rings (SSSR count). The SMILES string of the molecule is O=C(Nc1ccc2c(c1)C(=O)NC2)c1cccc(S(=O)(=O)N2CCOCC2)c1. The molecule has 0 saturated carbocycles. The topological polar surface area (TPSA) is 105 Å². The predicted molar refractivity (Wildman–Crippen MR) is 102 cm³/mol. The summed E-state index contributed by atoms with van der Waals surface area (Å²) in [7, 11) is -3.69. The molecule has 2 aromatic carbocycles. The smallest absolute Gasteiger partial charge is 0.255 e. The van der Waals surface area contributed by atoms with Gasteiger partial charge in [0.15, 0.2) is 0 Å². The number of carbonyl (C=O) groups is 2. The van der Waals surface area contributed by atoms with Crippen molar-refractivity contribution < 1.29 is 22.7 Å². The fourth-order valence-corrected chi connectivity index (χ4v) is 4.68. The molecule has 0 aromatic heterocycles. The summed E-state index contributed by atoms with van der Waals surface area (Å²) in [5.41, 5.74) is 2.10. The molecule has 0 atom stereocenters. The minimum Gasteiger partial charge on any atom is -0.379 e. The summed E-state index contributed by atoms with van der Waals surface area (Å²) in [5, 5.41) is 5.44. The number of sulfonamides is 1. The zero-order chi connectivity index (χ0) is 19.7. The van der Waals surface area contributed by atoms with Crippen LogP contribution in [0.3, 0.4) is 0 Å². The molecule has 2 N–H and O–H groups in total. The van der Waals surface area contributed by atoms with Crippen LogP contribution in [0, 0.1) is 0 Å². The molecular formula is C19H19N3O5S. The lowest BCUT2D eigenvalue weighted by Crippen LogP contribution is -2.40. The summed E-state index contributed by atoms with van der Waals surface area (Å²) in [6.07, 6.45) is 0. The maximum Gasteiger partial charge on any atom is 0.255 e. The van der Waals surface area contributed by atoms with Crippen LogP contribution < -0.4 is 10.6 Å². The second-order valence-corrected chi connectivity index (χ2v) is 8.49. The summed E-state index contributed by atoms with van der Waals surface area (Å²) < 4.78 is 32.1. The summed E-state index contributed by atoms with van der Waals surface area (Å²) in [4.78, 5) is 24.5. The number of anilines is 1. The molecule has 2 aliphatic rings. The van der Waals surface area contributed by atoms with Gasteiger partial charge in [-0.2, -0.15) is 4.31 Å². The largest absolute Gasteiger partial charge is 0.379 e. The monoisotopic (exact) mass is 401 g/mol. The number of ether oxygens (including phenoxy) is 1. The lowest BCUT2D eigenvalue weighted by Gasteiger charge is -2.26. The summed E-state index contributed by atoms with van der Waals surface area (Å²) >= 11 is 0. The third-order valence-corrected chi connectivity index (χ3v) is 6.65. The van der Waals surface area contributed by atoms with Crippen LogP contribution in [0.15, 0.2) is 47.4 Å². The minimum absolute atomic E-state index is 0.0652. The number of fused-ring (bicyclic) bond motifs is 1. The quantitative estimate of drug-likeness (QED) is 0.801. The van der Waals surface area contributed by atoms with Gasteiger partial charge in [-0.3, -0.25) is 9.59 Å². The fraction of sp³-hybridized carbons (Fsp3) is 0.263. The third-order valence-electron chi connectivity index (χ3n) is 4.76. The molecule has 0 bridgehead atoms. The highest BCUT2D eigenvalue weighted by molar-refractivity contribution is 7.89. The molecule has 2 aromatic rings. The van der Waals surface area contributed by atoms with Gasteiger partial charge in [-0.1, -0.05) is 12.1 Å². The molecule has 2 aliphatic heterocycles. The number of amides is 2. The van der Waals surface area contributed by atoms with Gasteiger partial charge >= 0.3 is 0 Å². The first-order valence-corrected chi connectivity index (χ1v) is 10.3. The summed E-state index contributed by atoms with van der Waals surface area (Å²) in [6, 6.07) is 11.0. The van der Waals surface area contributed by atoms with E-state index in [0.717, 1.165) is 5.56 Å². The molecule has 0 radical (unpaired) electrons. The van der Waals surface area contributed by atoms with Crippen LogP contribution >= 0.6 is 0 Å². The van der Waals surface area contributed by atoms with Gasteiger partial charge in [0.25, 0.3) is 11.8 Å². The van der Waals surface area contributed by atoms with Crippen molar-refractivity contribution in [3.63, 3.8) is 0 Å². The average Bonchev–Trinajstić information content (AvgIpc) is 3.09. The van der Waals surface area contributed by atoms with Crippen molar-refractivity contribution in [2.45, 2.75) is 11.4 Å². The Kier molecular flexibility index (Phi) is 4.88. The Morgan fingerprint density at radius 1 is 1.11 bits per heavy atom. The van der Waals surface area contributed by atoms with E-state index in [1.54, 1.807) is 30.3 Å². The van der Waals surface area contributed by atoms with Gasteiger partial charge in [0.2, 0.25) is 10.0 Å². The first-order chi connectivity index (χ1) is 13.4. The number of morpholine rings is 1. The maximum absolute atomic E-state index is 12.8. The third kappa shape index (κ3) is 3.51. The molecule has 146 valence electrons. The second kappa shape index (κ2) is 7.34. The van der Waals surface area contributed by atoms with Gasteiger partial charge in [0.05, 0.1) is 18.1 Å². The molecule has 28 heavy (non-hydrogen) atoms. The van der Waals surface area contributed by atoms with Crippen molar-refractivity contribution in [3.05, 3.63) is 59.2 Å². The number of carbonyl (C=O) groups excluding carboxylic acids is 2. The van der Waals surface area contributed by atoms with Gasteiger partial charge in [-0.15, -0.1) is 0 Å². The molecule has 2 amide bonds. The van der Waals surface area contributed by atoms with Gasteiger partial charge in [0.1, 0.15) is 0 Å². The van der Waals surface area contributed by atoms with Crippen LogP contribution in [0.5, 0.6) is 0 Å². The Morgan fingerprint density at radius 3 is 2.68 bits per heavy atom.